The summed E-state index contributed by atoms with van der Waals surface area (Å²) < 4.78 is 4.90. The van der Waals surface area contributed by atoms with Gasteiger partial charge in [-0.05, 0) is 18.2 Å². The highest BCUT2D eigenvalue weighted by Crippen LogP contribution is 2.15. The topological polar surface area (TPSA) is 96.4 Å². The molecule has 132 valence electrons. The molecule has 3 heterocycles. The number of methoxy groups -OCH3 is 1. The minimum absolute atomic E-state index is 0.248. The molecule has 0 unspecified atom stereocenters. The molecule has 0 spiro atoms. The molecule has 1 amide bonds. The number of ether oxygens (including phenoxy) is 1. The minimum atomic E-state index is -0.248. The zero-order valence-corrected chi connectivity index (χ0v) is 14.1. The van der Waals surface area contributed by atoms with Crippen LogP contribution in [0.3, 0.4) is 0 Å². The fourth-order valence-electron chi connectivity index (χ4n) is 2.56. The van der Waals surface area contributed by atoms with Crippen molar-refractivity contribution in [2.24, 2.45) is 0 Å². The van der Waals surface area contributed by atoms with Gasteiger partial charge >= 0.3 is 0 Å². The molecule has 1 aliphatic heterocycles. The first-order valence-electron chi connectivity index (χ1n) is 8.15. The Balaban J connectivity index is 1.54. The average Bonchev–Trinajstić information content (AvgIpc) is 2.69. The molecule has 25 heavy (non-hydrogen) atoms. The molecule has 0 atom stereocenters. The van der Waals surface area contributed by atoms with Crippen molar-refractivity contribution < 1.29 is 9.53 Å². The van der Waals surface area contributed by atoms with Crippen molar-refractivity contribution in [3.05, 3.63) is 36.3 Å². The van der Waals surface area contributed by atoms with Gasteiger partial charge < -0.3 is 19.9 Å². The summed E-state index contributed by atoms with van der Waals surface area (Å²) in [5, 5.41) is 10.9. The molecule has 0 radical (unpaired) electrons. The molecule has 0 aromatic carbocycles. The molecular formula is C16H21N7O2. The summed E-state index contributed by atoms with van der Waals surface area (Å²) in [7, 11) is 1.59. The quantitative estimate of drug-likeness (QED) is 0.731. The van der Waals surface area contributed by atoms with Gasteiger partial charge in [-0.3, -0.25) is 4.79 Å². The van der Waals surface area contributed by atoms with E-state index < -0.39 is 0 Å². The first-order chi connectivity index (χ1) is 12.3. The Morgan fingerprint density at radius 2 is 1.84 bits per heavy atom. The largest absolute Gasteiger partial charge is 0.383 e. The average molecular weight is 343 g/mol. The fourth-order valence-corrected chi connectivity index (χ4v) is 2.56. The Labute approximate surface area is 146 Å². The van der Waals surface area contributed by atoms with Gasteiger partial charge in [0, 0.05) is 52.2 Å². The van der Waals surface area contributed by atoms with Gasteiger partial charge in [0.15, 0.2) is 11.5 Å². The summed E-state index contributed by atoms with van der Waals surface area (Å²) in [4.78, 5) is 24.7. The highest BCUT2D eigenvalue weighted by molar-refractivity contribution is 5.92. The third-order valence-corrected chi connectivity index (χ3v) is 3.91. The highest BCUT2D eigenvalue weighted by atomic mass is 16.5. The van der Waals surface area contributed by atoms with Crippen LogP contribution in [0.1, 0.15) is 10.5 Å². The van der Waals surface area contributed by atoms with Gasteiger partial charge in [0.05, 0.1) is 6.61 Å². The van der Waals surface area contributed by atoms with E-state index in [1.807, 2.05) is 12.1 Å². The summed E-state index contributed by atoms with van der Waals surface area (Å²) in [5.41, 5.74) is 0.302. The highest BCUT2D eigenvalue weighted by Gasteiger charge is 2.20. The monoisotopic (exact) mass is 343 g/mol. The number of hydrogen-bond acceptors (Lipinski definition) is 8. The Kier molecular flexibility index (Phi) is 5.68. The molecule has 0 aliphatic carbocycles. The van der Waals surface area contributed by atoms with Gasteiger partial charge in [0.1, 0.15) is 0 Å². The number of carbonyl (C=O) groups is 1. The van der Waals surface area contributed by atoms with Crippen LogP contribution in [0, 0.1) is 0 Å². The van der Waals surface area contributed by atoms with Gasteiger partial charge in [0.25, 0.3) is 5.91 Å². The van der Waals surface area contributed by atoms with Crippen molar-refractivity contribution in [1.82, 2.24) is 25.5 Å². The fraction of sp³-hybridized carbons (Fsp3) is 0.438. The van der Waals surface area contributed by atoms with Crippen LogP contribution in [0.15, 0.2) is 30.6 Å². The normalized spacial score (nSPS) is 14.4. The maximum Gasteiger partial charge on any atom is 0.271 e. The van der Waals surface area contributed by atoms with E-state index in [0.717, 1.165) is 37.9 Å². The number of aromatic nitrogens is 4. The van der Waals surface area contributed by atoms with Gasteiger partial charge in [-0.1, -0.05) is 0 Å². The lowest BCUT2D eigenvalue weighted by Gasteiger charge is -2.35. The van der Waals surface area contributed by atoms with Gasteiger partial charge in [-0.15, -0.1) is 10.2 Å². The second-order valence-corrected chi connectivity index (χ2v) is 5.55. The van der Waals surface area contributed by atoms with Crippen LogP contribution >= 0.6 is 0 Å². The molecule has 1 N–H and O–H groups in total. The number of rotatable bonds is 6. The van der Waals surface area contributed by atoms with Gasteiger partial charge in [-0.2, -0.15) is 0 Å². The first-order valence-corrected chi connectivity index (χ1v) is 8.15. The maximum atomic E-state index is 11.9. The zero-order valence-electron chi connectivity index (χ0n) is 14.1. The molecule has 1 fully saturated rings. The van der Waals surface area contributed by atoms with Crippen LogP contribution in [0.25, 0.3) is 0 Å². The van der Waals surface area contributed by atoms with Crippen LogP contribution in [-0.2, 0) is 4.74 Å². The Hall–Kier alpha value is -2.81. The zero-order chi connectivity index (χ0) is 17.5. The second kappa shape index (κ2) is 8.34. The molecule has 1 aliphatic rings. The van der Waals surface area contributed by atoms with Gasteiger partial charge in [-0.25, -0.2) is 9.97 Å². The van der Waals surface area contributed by atoms with Gasteiger partial charge in [0.2, 0.25) is 5.95 Å². The number of amides is 1. The Morgan fingerprint density at radius 3 is 2.48 bits per heavy atom. The third-order valence-electron chi connectivity index (χ3n) is 3.91. The molecule has 9 nitrogen and oxygen atoms in total. The number of carbonyl (C=O) groups excluding carboxylic acids is 1. The van der Waals surface area contributed by atoms with Crippen molar-refractivity contribution in [3.8, 4) is 0 Å². The smallest absolute Gasteiger partial charge is 0.271 e. The predicted molar refractivity (Wildman–Crippen MR) is 92.7 cm³/mol. The SMILES string of the molecule is COCCNC(=O)c1ccc(N2CCN(c3ncccn3)CC2)nn1. The number of piperazine rings is 1. The Morgan fingerprint density at radius 1 is 1.12 bits per heavy atom. The van der Waals surface area contributed by atoms with E-state index in [0.29, 0.717) is 18.8 Å². The van der Waals surface area contributed by atoms with Crippen molar-refractivity contribution in [3.63, 3.8) is 0 Å². The van der Waals surface area contributed by atoms with E-state index in [9.17, 15) is 4.79 Å². The molecule has 2 aromatic rings. The molecule has 0 bridgehead atoms. The van der Waals surface area contributed by atoms with Crippen molar-refractivity contribution in [1.29, 1.82) is 0 Å². The van der Waals surface area contributed by atoms with E-state index in [2.05, 4.69) is 35.3 Å². The van der Waals surface area contributed by atoms with Crippen LogP contribution in [0.5, 0.6) is 0 Å². The molecule has 2 aromatic heterocycles. The van der Waals surface area contributed by atoms with E-state index in [1.54, 1.807) is 25.6 Å². The number of nitrogens with zero attached hydrogens (tertiary/aromatic N) is 6. The summed E-state index contributed by atoms with van der Waals surface area (Å²) in [6.45, 7) is 4.13. The number of nitrogens with one attached hydrogen (secondary N) is 1. The summed E-state index contributed by atoms with van der Waals surface area (Å²) >= 11 is 0. The lowest BCUT2D eigenvalue weighted by atomic mass is 10.3. The third kappa shape index (κ3) is 4.38. The molecular weight excluding hydrogens is 322 g/mol. The molecule has 3 rings (SSSR count). The summed E-state index contributed by atoms with van der Waals surface area (Å²) in [6, 6.07) is 5.33. The molecule has 9 heteroatoms. The minimum Gasteiger partial charge on any atom is -0.383 e. The standard InChI is InChI=1S/C16H21N7O2/c1-25-12-7-17-15(24)13-3-4-14(21-20-13)22-8-10-23(11-9-22)16-18-5-2-6-19-16/h2-6H,7-12H2,1H3,(H,17,24). The van der Waals surface area contributed by atoms with Crippen molar-refractivity contribution in [2.75, 3.05) is 56.2 Å². The van der Waals surface area contributed by atoms with Crippen LogP contribution in [0.4, 0.5) is 11.8 Å². The second-order valence-electron chi connectivity index (χ2n) is 5.55. The molecule has 1 saturated heterocycles. The first kappa shape index (κ1) is 17.0. The van der Waals surface area contributed by atoms with E-state index >= 15 is 0 Å². The van der Waals surface area contributed by atoms with Crippen molar-refractivity contribution >= 4 is 17.7 Å². The maximum absolute atomic E-state index is 11.9. The van der Waals surface area contributed by atoms with Crippen LogP contribution in [-0.4, -0.2) is 72.5 Å². The van der Waals surface area contributed by atoms with Crippen LogP contribution < -0.4 is 15.1 Å². The summed E-state index contributed by atoms with van der Waals surface area (Å²) in [5.74, 6) is 1.26. The molecule has 0 saturated carbocycles. The van der Waals surface area contributed by atoms with E-state index in [1.165, 1.54) is 0 Å². The van der Waals surface area contributed by atoms with E-state index in [4.69, 9.17) is 4.74 Å². The number of hydrogen-bond donors (Lipinski definition) is 1. The Bertz CT molecular complexity index is 673. The predicted octanol–water partition coefficient (Wildman–Crippen LogP) is -0.0306. The van der Waals surface area contributed by atoms with E-state index in [-0.39, 0.29) is 5.91 Å². The number of anilines is 2. The lowest BCUT2D eigenvalue weighted by molar-refractivity contribution is 0.0931. The lowest BCUT2D eigenvalue weighted by Crippen LogP contribution is -2.47. The summed E-state index contributed by atoms with van der Waals surface area (Å²) in [6.07, 6.45) is 3.49. The van der Waals surface area contributed by atoms with Crippen LogP contribution in [0.2, 0.25) is 0 Å². The van der Waals surface area contributed by atoms with Crippen molar-refractivity contribution in [2.45, 2.75) is 0 Å².